The minimum Gasteiger partial charge on any atom is -0.497 e. The largest absolute Gasteiger partial charge is 0.497 e. The van der Waals surface area contributed by atoms with Gasteiger partial charge >= 0.3 is 0 Å². The average molecular weight is 373 g/mol. The molecule has 0 heterocycles. The average Bonchev–Trinajstić information content (AvgIpc) is 2.77. The van der Waals surface area contributed by atoms with Gasteiger partial charge in [0.15, 0.2) is 0 Å². The van der Waals surface area contributed by atoms with E-state index >= 15 is 0 Å². The number of hydrogen-bond acceptors (Lipinski definition) is 3. The van der Waals surface area contributed by atoms with Crippen molar-refractivity contribution >= 4 is 5.69 Å². The first kappa shape index (κ1) is 19.6. The second kappa shape index (κ2) is 10.2. The lowest BCUT2D eigenvalue weighted by atomic mass is 10.0. The van der Waals surface area contributed by atoms with Crippen molar-refractivity contribution in [2.75, 3.05) is 19.5 Å². The van der Waals surface area contributed by atoms with E-state index in [4.69, 9.17) is 9.47 Å². The lowest BCUT2D eigenvalue weighted by Crippen LogP contribution is -2.10. The third kappa shape index (κ3) is 5.65. The van der Waals surface area contributed by atoms with Gasteiger partial charge in [0.25, 0.3) is 0 Å². The molecule has 0 aliphatic rings. The summed E-state index contributed by atoms with van der Waals surface area (Å²) in [6.45, 7) is 0. The monoisotopic (exact) mass is 373 g/mol. The molecular formula is C25H27NO2. The maximum absolute atomic E-state index is 5.29. The minimum atomic E-state index is 0.173. The zero-order valence-electron chi connectivity index (χ0n) is 16.5. The third-order valence-corrected chi connectivity index (χ3v) is 4.68. The van der Waals surface area contributed by atoms with Gasteiger partial charge in [0, 0.05) is 5.69 Å². The number of rotatable bonds is 9. The molecule has 3 heteroatoms. The quantitative estimate of drug-likeness (QED) is 0.463. The van der Waals surface area contributed by atoms with Crippen molar-refractivity contribution in [1.82, 2.24) is 0 Å². The molecule has 0 saturated carbocycles. The summed E-state index contributed by atoms with van der Waals surface area (Å²) in [5, 5.41) is 3.64. The Morgan fingerprint density at radius 2 is 1.36 bits per heavy atom. The molecule has 1 atom stereocenters. The van der Waals surface area contributed by atoms with E-state index < -0.39 is 0 Å². The molecule has 144 valence electrons. The number of nitrogens with one attached hydrogen (secondary N) is 1. The van der Waals surface area contributed by atoms with Crippen LogP contribution in [0, 0.1) is 0 Å². The molecule has 0 bridgehead atoms. The highest BCUT2D eigenvalue weighted by atomic mass is 16.5. The number of anilines is 1. The standard InChI is InChI=1S/C25H27NO2/c1-27-23-16-12-21(13-17-23)25(26-22-14-18-24(28-2)19-15-22)11-7-6-10-20-8-4-3-5-9-20/h3-9,12-19,25-26H,10-11H2,1-2H3/b7-6+. The van der Waals surface area contributed by atoms with Gasteiger partial charge in [0.1, 0.15) is 11.5 Å². The van der Waals surface area contributed by atoms with Gasteiger partial charge in [-0.2, -0.15) is 0 Å². The van der Waals surface area contributed by atoms with Crippen molar-refractivity contribution in [3.63, 3.8) is 0 Å². The molecule has 0 saturated heterocycles. The van der Waals surface area contributed by atoms with Gasteiger partial charge in [-0.3, -0.25) is 0 Å². The SMILES string of the molecule is COc1ccc(NC(C/C=C/Cc2ccccc2)c2ccc(OC)cc2)cc1. The highest BCUT2D eigenvalue weighted by molar-refractivity contribution is 5.48. The zero-order chi connectivity index (χ0) is 19.6. The van der Waals surface area contributed by atoms with E-state index in [1.165, 1.54) is 11.1 Å². The summed E-state index contributed by atoms with van der Waals surface area (Å²) in [4.78, 5) is 0. The molecule has 1 N–H and O–H groups in total. The minimum absolute atomic E-state index is 0.173. The van der Waals surface area contributed by atoms with E-state index in [1.807, 2.05) is 42.5 Å². The van der Waals surface area contributed by atoms with Crippen LogP contribution in [0.5, 0.6) is 11.5 Å². The first-order valence-corrected chi connectivity index (χ1v) is 9.52. The number of hydrogen-bond donors (Lipinski definition) is 1. The Bertz CT molecular complexity index is 855. The molecule has 0 spiro atoms. The van der Waals surface area contributed by atoms with Crippen molar-refractivity contribution in [3.8, 4) is 11.5 Å². The molecule has 0 aliphatic carbocycles. The summed E-state index contributed by atoms with van der Waals surface area (Å²) < 4.78 is 10.5. The van der Waals surface area contributed by atoms with Crippen LogP contribution in [0.3, 0.4) is 0 Å². The van der Waals surface area contributed by atoms with Crippen LogP contribution in [-0.4, -0.2) is 14.2 Å². The van der Waals surface area contributed by atoms with Gasteiger partial charge in [-0.15, -0.1) is 0 Å². The Morgan fingerprint density at radius 3 is 1.96 bits per heavy atom. The summed E-state index contributed by atoms with van der Waals surface area (Å²) in [7, 11) is 3.37. The normalized spacial score (nSPS) is 11.9. The fraction of sp³-hybridized carbons (Fsp3) is 0.200. The van der Waals surface area contributed by atoms with Crippen molar-refractivity contribution in [2.24, 2.45) is 0 Å². The molecule has 3 nitrogen and oxygen atoms in total. The fourth-order valence-corrected chi connectivity index (χ4v) is 3.07. The number of benzene rings is 3. The van der Waals surface area contributed by atoms with E-state index in [0.717, 1.165) is 30.0 Å². The Kier molecular flexibility index (Phi) is 7.14. The lowest BCUT2D eigenvalue weighted by molar-refractivity contribution is 0.414. The molecule has 3 rings (SSSR count). The van der Waals surface area contributed by atoms with Gasteiger partial charge in [-0.1, -0.05) is 54.6 Å². The molecule has 3 aromatic carbocycles. The van der Waals surface area contributed by atoms with E-state index in [1.54, 1.807) is 14.2 Å². The Labute approximate surface area is 167 Å². The van der Waals surface area contributed by atoms with Crippen LogP contribution >= 0.6 is 0 Å². The van der Waals surface area contributed by atoms with Crippen molar-refractivity contribution in [1.29, 1.82) is 0 Å². The molecule has 0 radical (unpaired) electrons. The Morgan fingerprint density at radius 1 is 0.750 bits per heavy atom. The molecule has 0 fully saturated rings. The molecule has 0 aromatic heterocycles. The predicted octanol–water partition coefficient (Wildman–Crippen LogP) is 6.05. The summed E-state index contributed by atoms with van der Waals surface area (Å²) in [5.41, 5.74) is 3.61. The Balaban J connectivity index is 1.70. The lowest BCUT2D eigenvalue weighted by Gasteiger charge is -2.20. The van der Waals surface area contributed by atoms with Gasteiger partial charge in [-0.05, 0) is 60.4 Å². The number of ether oxygens (including phenoxy) is 2. The van der Waals surface area contributed by atoms with E-state index in [9.17, 15) is 0 Å². The molecule has 3 aromatic rings. The molecule has 0 amide bonds. The summed E-state index contributed by atoms with van der Waals surface area (Å²) >= 11 is 0. The summed E-state index contributed by atoms with van der Waals surface area (Å²) in [6.07, 6.45) is 6.32. The summed E-state index contributed by atoms with van der Waals surface area (Å²) in [5.74, 6) is 1.72. The summed E-state index contributed by atoms with van der Waals surface area (Å²) in [6, 6.07) is 27.0. The smallest absolute Gasteiger partial charge is 0.119 e. The van der Waals surface area contributed by atoms with Gasteiger partial charge in [0.05, 0.1) is 20.3 Å². The first-order valence-electron chi connectivity index (χ1n) is 9.52. The van der Waals surface area contributed by atoms with Crippen molar-refractivity contribution < 1.29 is 9.47 Å². The number of allylic oxidation sites excluding steroid dienone is 1. The van der Waals surface area contributed by atoms with Crippen LogP contribution in [0.2, 0.25) is 0 Å². The van der Waals surface area contributed by atoms with Gasteiger partial charge in [0.2, 0.25) is 0 Å². The van der Waals surface area contributed by atoms with Crippen LogP contribution in [0.4, 0.5) is 5.69 Å². The fourth-order valence-electron chi connectivity index (χ4n) is 3.07. The van der Waals surface area contributed by atoms with Gasteiger partial charge < -0.3 is 14.8 Å². The maximum Gasteiger partial charge on any atom is 0.119 e. The van der Waals surface area contributed by atoms with Crippen LogP contribution in [-0.2, 0) is 6.42 Å². The van der Waals surface area contributed by atoms with Crippen molar-refractivity contribution in [3.05, 3.63) is 102 Å². The second-order valence-corrected chi connectivity index (χ2v) is 6.60. The highest BCUT2D eigenvalue weighted by Crippen LogP contribution is 2.26. The van der Waals surface area contributed by atoms with Crippen LogP contribution < -0.4 is 14.8 Å². The first-order chi connectivity index (χ1) is 13.8. The molecule has 0 aliphatic heterocycles. The second-order valence-electron chi connectivity index (χ2n) is 6.60. The van der Waals surface area contributed by atoms with Crippen LogP contribution in [0.25, 0.3) is 0 Å². The number of methoxy groups -OCH3 is 2. The zero-order valence-corrected chi connectivity index (χ0v) is 16.5. The molecule has 1 unspecified atom stereocenters. The third-order valence-electron chi connectivity index (χ3n) is 4.68. The van der Waals surface area contributed by atoms with E-state index in [-0.39, 0.29) is 6.04 Å². The van der Waals surface area contributed by atoms with Crippen LogP contribution in [0.15, 0.2) is 91.0 Å². The maximum atomic E-state index is 5.29. The molecular weight excluding hydrogens is 346 g/mol. The van der Waals surface area contributed by atoms with Crippen molar-refractivity contribution in [2.45, 2.75) is 18.9 Å². The van der Waals surface area contributed by atoms with Gasteiger partial charge in [-0.25, -0.2) is 0 Å². The van der Waals surface area contributed by atoms with Crippen LogP contribution in [0.1, 0.15) is 23.6 Å². The van der Waals surface area contributed by atoms with E-state index in [2.05, 4.69) is 53.9 Å². The molecule has 28 heavy (non-hydrogen) atoms. The predicted molar refractivity (Wildman–Crippen MR) is 116 cm³/mol. The highest BCUT2D eigenvalue weighted by Gasteiger charge is 2.10. The van der Waals surface area contributed by atoms with E-state index in [0.29, 0.717) is 0 Å². The topological polar surface area (TPSA) is 30.5 Å². The Hall–Kier alpha value is -3.20.